The van der Waals surface area contributed by atoms with Crippen LogP contribution >= 0.6 is 0 Å². The average Bonchev–Trinajstić information content (AvgIpc) is 3.88. The van der Waals surface area contributed by atoms with Crippen LogP contribution in [0.4, 0.5) is 0 Å². The number of hydrogen-bond donors (Lipinski definition) is 0. The Kier molecular flexibility index (Phi) is 8.87. The van der Waals surface area contributed by atoms with Crippen molar-refractivity contribution in [3.8, 4) is 33.6 Å². The number of fused-ring (bicyclic) bond motifs is 6. The van der Waals surface area contributed by atoms with Crippen molar-refractivity contribution < 1.29 is 0 Å². The average molecular weight is 819 g/mol. The van der Waals surface area contributed by atoms with E-state index in [4.69, 9.17) is 0 Å². The van der Waals surface area contributed by atoms with Crippen LogP contribution in [0.1, 0.15) is 0 Å². The van der Waals surface area contributed by atoms with Crippen LogP contribution in [0.5, 0.6) is 0 Å². The molecule has 2 nitrogen and oxygen atoms in total. The Labute approximate surface area is 368 Å². The second kappa shape index (κ2) is 15.2. The van der Waals surface area contributed by atoms with E-state index < -0.39 is 8.07 Å². The molecule has 12 aromatic rings. The van der Waals surface area contributed by atoms with Crippen molar-refractivity contribution >= 4 is 72.4 Å². The fourth-order valence-electron chi connectivity index (χ4n) is 10.4. The highest BCUT2D eigenvalue weighted by atomic mass is 28.3. The van der Waals surface area contributed by atoms with E-state index in [0.717, 1.165) is 11.4 Å². The highest BCUT2D eigenvalue weighted by Gasteiger charge is 2.41. The van der Waals surface area contributed by atoms with E-state index in [0.29, 0.717) is 0 Å². The van der Waals surface area contributed by atoms with E-state index >= 15 is 0 Å². The first-order valence-corrected chi connectivity index (χ1v) is 23.8. The van der Waals surface area contributed by atoms with Gasteiger partial charge >= 0.3 is 0 Å². The first kappa shape index (κ1) is 36.8. The van der Waals surface area contributed by atoms with E-state index in [1.54, 1.807) is 0 Å². The van der Waals surface area contributed by atoms with Gasteiger partial charge in [0.05, 0.1) is 22.1 Å². The first-order valence-electron chi connectivity index (χ1n) is 21.8. The van der Waals surface area contributed by atoms with Crippen molar-refractivity contribution in [2.45, 2.75) is 0 Å². The lowest BCUT2D eigenvalue weighted by Crippen LogP contribution is -2.74. The maximum atomic E-state index is 2.46. The summed E-state index contributed by atoms with van der Waals surface area (Å²) >= 11 is 0. The van der Waals surface area contributed by atoms with Gasteiger partial charge < -0.3 is 9.13 Å². The molecule has 0 aliphatic rings. The van der Waals surface area contributed by atoms with Gasteiger partial charge in [0.1, 0.15) is 0 Å². The van der Waals surface area contributed by atoms with Crippen LogP contribution in [0.15, 0.2) is 255 Å². The van der Waals surface area contributed by atoms with E-state index in [9.17, 15) is 0 Å². The molecule has 0 unspecified atom stereocenters. The zero-order valence-corrected chi connectivity index (χ0v) is 35.6. The Bertz CT molecular complexity index is 3490. The van der Waals surface area contributed by atoms with Crippen molar-refractivity contribution in [3.05, 3.63) is 255 Å². The zero-order chi connectivity index (χ0) is 41.7. The van der Waals surface area contributed by atoms with Gasteiger partial charge in [0.25, 0.3) is 0 Å². The monoisotopic (exact) mass is 818 g/mol. The molecule has 0 N–H and O–H groups in total. The maximum Gasteiger partial charge on any atom is 0.179 e. The second-order valence-corrected chi connectivity index (χ2v) is 20.2. The summed E-state index contributed by atoms with van der Waals surface area (Å²) in [5.74, 6) is 0. The summed E-state index contributed by atoms with van der Waals surface area (Å²) in [5.41, 5.74) is 11.9. The van der Waals surface area contributed by atoms with Crippen molar-refractivity contribution in [2.24, 2.45) is 0 Å². The van der Waals surface area contributed by atoms with Crippen molar-refractivity contribution in [2.75, 3.05) is 0 Å². The summed E-state index contributed by atoms with van der Waals surface area (Å²) in [7, 11) is -2.68. The van der Waals surface area contributed by atoms with Gasteiger partial charge in [-0.2, -0.15) is 0 Å². The Hall–Kier alpha value is -7.98. The summed E-state index contributed by atoms with van der Waals surface area (Å²) in [6.45, 7) is 0. The first-order chi connectivity index (χ1) is 31.3. The van der Waals surface area contributed by atoms with Crippen LogP contribution in [0.2, 0.25) is 0 Å². The number of hydrogen-bond acceptors (Lipinski definition) is 0. The lowest BCUT2D eigenvalue weighted by molar-refractivity contribution is 1.16. The number of para-hydroxylation sites is 2. The molecule has 0 aliphatic carbocycles. The van der Waals surface area contributed by atoms with Gasteiger partial charge in [-0.1, -0.05) is 212 Å². The van der Waals surface area contributed by atoms with E-state index in [1.165, 1.54) is 86.6 Å². The van der Waals surface area contributed by atoms with Crippen LogP contribution in [-0.4, -0.2) is 17.2 Å². The summed E-state index contributed by atoms with van der Waals surface area (Å²) < 4.78 is 4.92. The topological polar surface area (TPSA) is 9.86 Å². The van der Waals surface area contributed by atoms with Gasteiger partial charge in [0.2, 0.25) is 0 Å². The van der Waals surface area contributed by atoms with Crippen LogP contribution in [-0.2, 0) is 0 Å². The van der Waals surface area contributed by atoms with E-state index in [1.807, 2.05) is 0 Å². The highest BCUT2D eigenvalue weighted by molar-refractivity contribution is 7.19. The standard InChI is InChI=1S/C60H42N2Si/c1-5-20-43(21-6-1)50-28-13-14-29-51(50)54-32-19-35-58-60(54)55-31-16-18-34-57(55)62(58)45-38-41-53-52-30-15-17-33-56(52)61(59(53)42-45)44-36-39-49(40-37-44)63(46-22-7-2-8-23-46,47-24-9-3-10-25-47)48-26-11-4-12-27-48/h1-42H. The Morgan fingerprint density at radius 3 is 1.32 bits per heavy atom. The quantitative estimate of drug-likeness (QED) is 0.107. The summed E-state index contributed by atoms with van der Waals surface area (Å²) in [6.07, 6.45) is 0. The molecule has 0 saturated carbocycles. The largest absolute Gasteiger partial charge is 0.309 e. The normalized spacial score (nSPS) is 11.8. The summed E-state index contributed by atoms with van der Waals surface area (Å²) in [4.78, 5) is 0. The predicted molar refractivity (Wildman–Crippen MR) is 270 cm³/mol. The van der Waals surface area contributed by atoms with Crippen molar-refractivity contribution in [1.82, 2.24) is 9.13 Å². The number of nitrogens with zero attached hydrogens (tertiary/aromatic N) is 2. The molecular formula is C60H42N2Si. The van der Waals surface area contributed by atoms with Gasteiger partial charge in [0.15, 0.2) is 8.07 Å². The SMILES string of the molecule is c1ccc(-c2ccccc2-c2cccc3c2c2ccccc2n3-c2ccc3c4ccccc4n(-c4ccc([Si](c5ccccc5)(c5ccccc5)c5ccccc5)cc4)c3c2)cc1. The highest BCUT2D eigenvalue weighted by Crippen LogP contribution is 2.42. The number of rotatable bonds is 8. The minimum absolute atomic E-state index is 1.13. The van der Waals surface area contributed by atoms with E-state index in [2.05, 4.69) is 264 Å². The molecule has 2 heterocycles. The molecule has 3 heteroatoms. The molecule has 0 amide bonds. The van der Waals surface area contributed by atoms with Crippen LogP contribution in [0.25, 0.3) is 77.2 Å². The second-order valence-electron chi connectivity index (χ2n) is 16.4. The van der Waals surface area contributed by atoms with Gasteiger partial charge in [-0.25, -0.2) is 0 Å². The van der Waals surface area contributed by atoms with Crippen LogP contribution in [0.3, 0.4) is 0 Å². The molecular weight excluding hydrogens is 777 g/mol. The van der Waals surface area contributed by atoms with E-state index in [-0.39, 0.29) is 0 Å². The van der Waals surface area contributed by atoms with Crippen LogP contribution < -0.4 is 20.7 Å². The summed E-state index contributed by atoms with van der Waals surface area (Å²) in [6, 6.07) is 94.1. The summed E-state index contributed by atoms with van der Waals surface area (Å²) in [5, 5.41) is 10.4. The predicted octanol–water partition coefficient (Wildman–Crippen LogP) is 12.6. The molecule has 10 aromatic carbocycles. The lowest BCUT2D eigenvalue weighted by atomic mass is 9.92. The number of aromatic nitrogens is 2. The maximum absolute atomic E-state index is 2.68. The van der Waals surface area contributed by atoms with Crippen molar-refractivity contribution in [1.29, 1.82) is 0 Å². The Morgan fingerprint density at radius 1 is 0.254 bits per heavy atom. The molecule has 63 heavy (non-hydrogen) atoms. The fourth-order valence-corrected chi connectivity index (χ4v) is 15.2. The van der Waals surface area contributed by atoms with Crippen LogP contribution in [0, 0.1) is 0 Å². The third-order valence-corrected chi connectivity index (χ3v) is 17.9. The minimum Gasteiger partial charge on any atom is -0.309 e. The number of benzene rings is 10. The van der Waals surface area contributed by atoms with Gasteiger partial charge in [-0.3, -0.25) is 0 Å². The Balaban J connectivity index is 1.06. The molecule has 0 bridgehead atoms. The third-order valence-electron chi connectivity index (χ3n) is 13.1. The molecule has 0 radical (unpaired) electrons. The molecule has 12 rings (SSSR count). The Morgan fingerprint density at radius 2 is 0.683 bits per heavy atom. The molecule has 0 fully saturated rings. The molecule has 0 atom stereocenters. The van der Waals surface area contributed by atoms with Gasteiger partial charge in [-0.05, 0) is 85.5 Å². The molecule has 0 saturated heterocycles. The minimum atomic E-state index is -2.68. The fraction of sp³-hybridized carbons (Fsp3) is 0. The lowest BCUT2D eigenvalue weighted by Gasteiger charge is -2.34. The zero-order valence-electron chi connectivity index (χ0n) is 34.6. The van der Waals surface area contributed by atoms with Gasteiger partial charge in [-0.15, -0.1) is 0 Å². The van der Waals surface area contributed by atoms with Gasteiger partial charge in [0, 0.05) is 32.9 Å². The van der Waals surface area contributed by atoms with Crippen molar-refractivity contribution in [3.63, 3.8) is 0 Å². The molecule has 0 aliphatic heterocycles. The molecule has 2 aromatic heterocycles. The third kappa shape index (κ3) is 5.85. The molecule has 0 spiro atoms. The smallest absolute Gasteiger partial charge is 0.179 e. The molecule has 296 valence electrons.